The van der Waals surface area contributed by atoms with Crippen LogP contribution in [0.5, 0.6) is 0 Å². The Bertz CT molecular complexity index is 741. The highest BCUT2D eigenvalue weighted by Gasteiger charge is 2.64. The molecule has 3 nitrogen and oxygen atoms in total. The second kappa shape index (κ2) is 7.99. The maximum atomic E-state index is 11.6. The van der Waals surface area contributed by atoms with Crippen molar-refractivity contribution in [3.8, 4) is 0 Å². The van der Waals surface area contributed by atoms with E-state index in [4.69, 9.17) is 0 Å². The molecule has 3 heteroatoms. The zero-order valence-electron chi connectivity index (χ0n) is 20.6. The molecule has 3 N–H and O–H groups in total. The van der Waals surface area contributed by atoms with Crippen molar-refractivity contribution in [2.24, 2.45) is 46.3 Å². The molecule has 4 aliphatic rings. The number of allylic oxidation sites excluding steroid dienone is 3. The summed E-state index contributed by atoms with van der Waals surface area (Å²) < 4.78 is 0. The van der Waals surface area contributed by atoms with Crippen LogP contribution in [0.1, 0.15) is 86.5 Å². The van der Waals surface area contributed by atoms with E-state index in [-0.39, 0.29) is 10.8 Å². The summed E-state index contributed by atoms with van der Waals surface area (Å²) in [5.74, 6) is 3.37. The van der Waals surface area contributed by atoms with Gasteiger partial charge in [-0.05, 0) is 79.4 Å². The van der Waals surface area contributed by atoms with Gasteiger partial charge in [0.1, 0.15) is 11.7 Å². The Morgan fingerprint density at radius 3 is 2.32 bits per heavy atom. The molecule has 31 heavy (non-hydrogen) atoms. The lowest BCUT2D eigenvalue weighted by atomic mass is 9.45. The van der Waals surface area contributed by atoms with E-state index in [2.05, 4.69) is 53.7 Å². The second-order valence-corrected chi connectivity index (χ2v) is 12.5. The fourth-order valence-corrected chi connectivity index (χ4v) is 8.16. The van der Waals surface area contributed by atoms with Crippen molar-refractivity contribution >= 4 is 0 Å². The summed E-state index contributed by atoms with van der Waals surface area (Å²) in [5, 5.41) is 32.9. The summed E-state index contributed by atoms with van der Waals surface area (Å²) in [7, 11) is 0. The molecule has 4 aliphatic carbocycles. The Morgan fingerprint density at radius 1 is 0.935 bits per heavy atom. The van der Waals surface area contributed by atoms with Crippen LogP contribution in [0.2, 0.25) is 0 Å². The van der Waals surface area contributed by atoms with Gasteiger partial charge in [0, 0.05) is 11.8 Å². The molecule has 0 aromatic heterocycles. The molecule has 0 saturated heterocycles. The standard InChI is InChI=1S/C28H46O3/c1-17(2)18(3)7-8-19(4)22-9-10-23-21-15-25(30)28(31)16-20(29)11-14-27(28,6)24(21)12-13-26(22,23)5/h7-8,15,17-20,22-25,29-31H,9-14,16H2,1-6H3/b8-7+/t18?,19-,20+,22-,23+,24+,25-,26-,27-,28+/m1/s1. The summed E-state index contributed by atoms with van der Waals surface area (Å²) in [4.78, 5) is 0. The topological polar surface area (TPSA) is 60.7 Å². The minimum atomic E-state index is -1.20. The van der Waals surface area contributed by atoms with Crippen LogP contribution in [0.4, 0.5) is 0 Å². The minimum absolute atomic E-state index is 0.271. The van der Waals surface area contributed by atoms with Crippen molar-refractivity contribution in [2.75, 3.05) is 0 Å². The number of fused-ring (bicyclic) bond motifs is 5. The predicted molar refractivity (Wildman–Crippen MR) is 126 cm³/mol. The van der Waals surface area contributed by atoms with E-state index < -0.39 is 17.8 Å². The average molecular weight is 431 g/mol. The van der Waals surface area contributed by atoms with Crippen LogP contribution >= 0.6 is 0 Å². The number of aliphatic hydroxyl groups excluding tert-OH is 2. The Kier molecular flexibility index (Phi) is 6.06. The SMILES string of the molecule is CC(C)C(C)/C=C/[C@@H](C)[C@H]1CC[C@H]2C3=C[C@@H](O)[C@@]4(O)C[C@@H](O)CC[C@]4(C)[C@H]3CC[C@]12C. The Hall–Kier alpha value is -0.640. The smallest absolute Gasteiger partial charge is 0.102 e. The van der Waals surface area contributed by atoms with Crippen LogP contribution in [-0.2, 0) is 0 Å². The molecular weight excluding hydrogens is 384 g/mol. The van der Waals surface area contributed by atoms with E-state index in [9.17, 15) is 15.3 Å². The maximum absolute atomic E-state index is 11.6. The van der Waals surface area contributed by atoms with Crippen molar-refractivity contribution in [1.29, 1.82) is 0 Å². The molecule has 0 heterocycles. The molecule has 1 unspecified atom stereocenters. The van der Waals surface area contributed by atoms with Gasteiger partial charge in [-0.2, -0.15) is 0 Å². The van der Waals surface area contributed by atoms with E-state index in [1.807, 2.05) is 6.08 Å². The average Bonchev–Trinajstić information content (AvgIpc) is 3.05. The van der Waals surface area contributed by atoms with Gasteiger partial charge < -0.3 is 15.3 Å². The third-order valence-electron chi connectivity index (χ3n) is 10.7. The first kappa shape index (κ1) is 23.5. The van der Waals surface area contributed by atoms with E-state index in [1.165, 1.54) is 24.8 Å². The van der Waals surface area contributed by atoms with Crippen LogP contribution in [0.3, 0.4) is 0 Å². The quantitative estimate of drug-likeness (QED) is 0.516. The molecule has 3 saturated carbocycles. The molecular formula is C28H46O3. The molecule has 0 aliphatic heterocycles. The lowest BCUT2D eigenvalue weighted by Crippen LogP contribution is -2.65. The molecule has 4 rings (SSSR count). The molecule has 0 spiro atoms. The molecule has 0 aromatic carbocycles. The van der Waals surface area contributed by atoms with Crippen LogP contribution in [0.15, 0.2) is 23.8 Å². The maximum Gasteiger partial charge on any atom is 0.102 e. The highest BCUT2D eigenvalue weighted by Crippen LogP contribution is 2.67. The first-order chi connectivity index (χ1) is 14.4. The van der Waals surface area contributed by atoms with Gasteiger partial charge in [-0.1, -0.05) is 65.3 Å². The third kappa shape index (κ3) is 3.49. The summed E-state index contributed by atoms with van der Waals surface area (Å²) in [6.45, 7) is 14.0. The normalized spacial score (nSPS) is 49.4. The van der Waals surface area contributed by atoms with Gasteiger partial charge in [0.25, 0.3) is 0 Å². The summed E-state index contributed by atoms with van der Waals surface area (Å²) in [6, 6.07) is 0. The minimum Gasteiger partial charge on any atom is -0.393 e. The number of hydrogen-bond acceptors (Lipinski definition) is 3. The van der Waals surface area contributed by atoms with E-state index in [0.29, 0.717) is 41.9 Å². The molecule has 0 bridgehead atoms. The summed E-state index contributed by atoms with van der Waals surface area (Å²) >= 11 is 0. The largest absolute Gasteiger partial charge is 0.393 e. The highest BCUT2D eigenvalue weighted by molar-refractivity contribution is 5.33. The van der Waals surface area contributed by atoms with Crippen LogP contribution in [0, 0.1) is 46.3 Å². The molecule has 0 amide bonds. The molecule has 10 atom stereocenters. The Morgan fingerprint density at radius 2 is 1.65 bits per heavy atom. The van der Waals surface area contributed by atoms with Crippen LogP contribution < -0.4 is 0 Å². The zero-order valence-corrected chi connectivity index (χ0v) is 20.6. The highest BCUT2D eigenvalue weighted by atomic mass is 16.3. The van der Waals surface area contributed by atoms with Gasteiger partial charge in [-0.15, -0.1) is 0 Å². The van der Waals surface area contributed by atoms with E-state index in [1.54, 1.807) is 0 Å². The fraction of sp³-hybridized carbons (Fsp3) is 0.857. The zero-order chi connectivity index (χ0) is 22.8. The second-order valence-electron chi connectivity index (χ2n) is 12.5. The first-order valence-corrected chi connectivity index (χ1v) is 12.9. The predicted octanol–water partition coefficient (Wildman–Crippen LogP) is 5.50. The number of aliphatic hydroxyl groups is 3. The lowest BCUT2D eigenvalue weighted by Gasteiger charge is -2.62. The molecule has 0 aromatic rings. The molecule has 176 valence electrons. The fourth-order valence-electron chi connectivity index (χ4n) is 8.16. The van der Waals surface area contributed by atoms with Gasteiger partial charge >= 0.3 is 0 Å². The van der Waals surface area contributed by atoms with Crippen molar-refractivity contribution in [1.82, 2.24) is 0 Å². The van der Waals surface area contributed by atoms with Crippen LogP contribution in [-0.4, -0.2) is 33.1 Å². The summed E-state index contributed by atoms with van der Waals surface area (Å²) in [5.41, 5.74) is 0.160. The van der Waals surface area contributed by atoms with Gasteiger partial charge in [0.15, 0.2) is 0 Å². The Balaban J connectivity index is 1.61. The number of hydrogen-bond donors (Lipinski definition) is 3. The van der Waals surface area contributed by atoms with Crippen molar-refractivity contribution in [3.05, 3.63) is 23.8 Å². The van der Waals surface area contributed by atoms with Gasteiger partial charge in [-0.3, -0.25) is 0 Å². The van der Waals surface area contributed by atoms with Gasteiger partial charge in [0.2, 0.25) is 0 Å². The van der Waals surface area contributed by atoms with Crippen molar-refractivity contribution in [3.63, 3.8) is 0 Å². The monoisotopic (exact) mass is 430 g/mol. The number of rotatable bonds is 4. The van der Waals surface area contributed by atoms with Gasteiger partial charge in [-0.25, -0.2) is 0 Å². The van der Waals surface area contributed by atoms with Crippen LogP contribution in [0.25, 0.3) is 0 Å². The van der Waals surface area contributed by atoms with Crippen molar-refractivity contribution < 1.29 is 15.3 Å². The third-order valence-corrected chi connectivity index (χ3v) is 10.7. The Labute approximate surface area is 190 Å². The first-order valence-electron chi connectivity index (χ1n) is 12.9. The lowest BCUT2D eigenvalue weighted by molar-refractivity contribution is -0.210. The molecule has 3 fully saturated rings. The molecule has 0 radical (unpaired) electrons. The van der Waals surface area contributed by atoms with Gasteiger partial charge in [0.05, 0.1) is 6.10 Å². The van der Waals surface area contributed by atoms with Crippen molar-refractivity contribution in [2.45, 2.75) is 104 Å². The van der Waals surface area contributed by atoms with E-state index >= 15 is 0 Å². The van der Waals surface area contributed by atoms with E-state index in [0.717, 1.165) is 19.3 Å². The summed E-state index contributed by atoms with van der Waals surface area (Å²) in [6.07, 6.45) is 12.1.